The third-order valence-electron chi connectivity index (χ3n) is 6.86. The summed E-state index contributed by atoms with van der Waals surface area (Å²) < 4.78 is 39.9. The van der Waals surface area contributed by atoms with Crippen molar-refractivity contribution >= 4 is 43.5 Å². The first-order chi connectivity index (χ1) is 17.8. The molecular weight excluding hydrogens is 492 g/mol. The molecule has 182 valence electrons. The molecule has 0 bridgehead atoms. The Morgan fingerprint density at radius 2 is 1.54 bits per heavy atom. The first-order valence-electron chi connectivity index (χ1n) is 11.5. The van der Waals surface area contributed by atoms with Crippen LogP contribution < -0.4 is 14.8 Å². The fraction of sp³-hybridized carbons (Fsp3) is 0.0714. The molecule has 0 fully saturated rings. The van der Waals surface area contributed by atoms with Gasteiger partial charge >= 0.3 is 0 Å². The topological polar surface area (TPSA) is 104 Å². The molecule has 0 saturated heterocycles. The number of hydrogen-bond acceptors (Lipinski definition) is 6. The highest BCUT2D eigenvalue weighted by molar-refractivity contribution is 7.90. The number of carbonyl (C=O) groups excluding carboxylic acids is 2. The van der Waals surface area contributed by atoms with E-state index in [1.54, 1.807) is 66.7 Å². The normalized spacial score (nSPS) is 14.4. The molecule has 0 saturated carbocycles. The van der Waals surface area contributed by atoms with Crippen molar-refractivity contribution in [2.45, 2.75) is 11.8 Å². The second-order valence-corrected chi connectivity index (χ2v) is 10.9. The predicted molar refractivity (Wildman–Crippen MR) is 137 cm³/mol. The van der Waals surface area contributed by atoms with E-state index in [0.717, 1.165) is 5.56 Å². The molecule has 7 rings (SSSR count). The molecule has 8 nitrogen and oxygen atoms in total. The Morgan fingerprint density at radius 3 is 2.32 bits per heavy atom. The van der Waals surface area contributed by atoms with E-state index in [9.17, 15) is 18.0 Å². The van der Waals surface area contributed by atoms with Gasteiger partial charge in [-0.25, -0.2) is 12.4 Å². The van der Waals surface area contributed by atoms with Gasteiger partial charge in [0.1, 0.15) is 0 Å². The van der Waals surface area contributed by atoms with Crippen LogP contribution in [0.4, 0.5) is 0 Å². The van der Waals surface area contributed by atoms with Crippen LogP contribution in [-0.4, -0.2) is 31.0 Å². The van der Waals surface area contributed by atoms with E-state index < -0.39 is 21.8 Å². The molecule has 0 aliphatic carbocycles. The van der Waals surface area contributed by atoms with Crippen molar-refractivity contribution in [1.29, 1.82) is 0 Å². The van der Waals surface area contributed by atoms with Gasteiger partial charge in [-0.3, -0.25) is 14.9 Å². The van der Waals surface area contributed by atoms with Gasteiger partial charge in [0.2, 0.25) is 6.79 Å². The van der Waals surface area contributed by atoms with Gasteiger partial charge in [0.15, 0.2) is 11.5 Å². The summed E-state index contributed by atoms with van der Waals surface area (Å²) in [5, 5.41) is 4.31. The average Bonchev–Trinajstić information content (AvgIpc) is 3.58. The van der Waals surface area contributed by atoms with Crippen LogP contribution in [0.2, 0.25) is 0 Å². The molecule has 2 aliphatic heterocycles. The molecule has 1 N–H and O–H groups in total. The molecule has 0 atom stereocenters. The molecule has 2 aliphatic rings. The maximum absolute atomic E-state index is 13.8. The molecule has 1 aromatic heterocycles. The molecule has 37 heavy (non-hydrogen) atoms. The number of nitrogens with zero attached hydrogens (tertiary/aromatic N) is 1. The summed E-state index contributed by atoms with van der Waals surface area (Å²) in [7, 11) is -3.97. The Labute approximate surface area is 211 Å². The second kappa shape index (κ2) is 7.44. The summed E-state index contributed by atoms with van der Waals surface area (Å²) in [6.07, 6.45) is 1.52. The molecule has 0 radical (unpaired) electrons. The van der Waals surface area contributed by atoms with E-state index in [1.807, 2.05) is 6.92 Å². The maximum Gasteiger partial charge on any atom is 0.268 e. The van der Waals surface area contributed by atoms with Crippen LogP contribution in [0.15, 0.2) is 77.8 Å². The number of para-hydroxylation sites is 1. The van der Waals surface area contributed by atoms with Crippen LogP contribution in [-0.2, 0) is 10.0 Å². The summed E-state index contributed by atoms with van der Waals surface area (Å²) in [6, 6.07) is 18.9. The number of fused-ring (bicyclic) bond motifs is 4. The van der Waals surface area contributed by atoms with Crippen molar-refractivity contribution in [1.82, 2.24) is 9.29 Å². The minimum absolute atomic E-state index is 0.0637. The van der Waals surface area contributed by atoms with Crippen LogP contribution in [0, 0.1) is 6.92 Å². The van der Waals surface area contributed by atoms with Gasteiger partial charge in [-0.05, 0) is 54.1 Å². The van der Waals surface area contributed by atoms with Gasteiger partial charge in [-0.2, -0.15) is 0 Å². The van der Waals surface area contributed by atoms with E-state index >= 15 is 0 Å². The van der Waals surface area contributed by atoms with Crippen molar-refractivity contribution in [3.63, 3.8) is 0 Å². The number of aryl methyl sites for hydroxylation is 1. The number of benzene rings is 4. The van der Waals surface area contributed by atoms with Gasteiger partial charge in [0.05, 0.1) is 21.5 Å². The van der Waals surface area contributed by atoms with Gasteiger partial charge < -0.3 is 9.47 Å². The molecule has 5 aromatic rings. The van der Waals surface area contributed by atoms with Crippen LogP contribution in [0.25, 0.3) is 32.8 Å². The molecule has 3 heterocycles. The van der Waals surface area contributed by atoms with Crippen molar-refractivity contribution < 1.29 is 27.5 Å². The summed E-state index contributed by atoms with van der Waals surface area (Å²) in [6.45, 7) is 1.95. The highest BCUT2D eigenvalue weighted by Gasteiger charge is 2.34. The lowest BCUT2D eigenvalue weighted by atomic mass is 9.90. The quantitative estimate of drug-likeness (QED) is 0.355. The van der Waals surface area contributed by atoms with Crippen LogP contribution in [0.3, 0.4) is 0 Å². The Morgan fingerprint density at radius 1 is 0.811 bits per heavy atom. The third-order valence-corrected chi connectivity index (χ3v) is 8.55. The zero-order chi connectivity index (χ0) is 25.5. The Bertz CT molecular complexity index is 1940. The minimum atomic E-state index is -3.97. The molecule has 2 amide bonds. The Balaban J connectivity index is 1.59. The lowest BCUT2D eigenvalue weighted by molar-refractivity contribution is 0.0879. The molecule has 0 spiro atoms. The largest absolute Gasteiger partial charge is 0.454 e. The number of rotatable bonds is 3. The van der Waals surface area contributed by atoms with Crippen LogP contribution in [0.1, 0.15) is 26.3 Å². The smallest absolute Gasteiger partial charge is 0.268 e. The van der Waals surface area contributed by atoms with E-state index in [-0.39, 0.29) is 22.8 Å². The first kappa shape index (κ1) is 21.6. The van der Waals surface area contributed by atoms with E-state index in [2.05, 4.69) is 5.32 Å². The number of hydrogen-bond donors (Lipinski definition) is 1. The van der Waals surface area contributed by atoms with Crippen molar-refractivity contribution in [2.24, 2.45) is 0 Å². The van der Waals surface area contributed by atoms with Crippen LogP contribution in [0.5, 0.6) is 11.5 Å². The third kappa shape index (κ3) is 3.04. The summed E-state index contributed by atoms with van der Waals surface area (Å²) in [4.78, 5) is 25.9. The molecule has 4 aromatic carbocycles. The number of amides is 2. The molecule has 9 heteroatoms. The van der Waals surface area contributed by atoms with Crippen molar-refractivity contribution in [3.05, 3.63) is 89.6 Å². The van der Waals surface area contributed by atoms with E-state index in [1.165, 1.54) is 10.2 Å². The number of imide groups is 1. The van der Waals surface area contributed by atoms with Gasteiger partial charge in [-0.1, -0.05) is 35.9 Å². The fourth-order valence-electron chi connectivity index (χ4n) is 5.09. The van der Waals surface area contributed by atoms with E-state index in [4.69, 9.17) is 9.47 Å². The number of carbonyl (C=O) groups is 2. The summed E-state index contributed by atoms with van der Waals surface area (Å²) in [5.41, 5.74) is 2.80. The predicted octanol–water partition coefficient (Wildman–Crippen LogP) is 4.62. The average molecular weight is 511 g/mol. The van der Waals surface area contributed by atoms with Gasteiger partial charge in [-0.15, -0.1) is 0 Å². The van der Waals surface area contributed by atoms with Crippen molar-refractivity contribution in [2.75, 3.05) is 6.79 Å². The SMILES string of the molecule is Cc1ccc(S(=O)(=O)n2cc(-c3c4c(cc5cc6c(cc35)OCO6)C(=O)NC4=O)c3ccccc32)cc1. The zero-order valence-corrected chi connectivity index (χ0v) is 20.3. The maximum atomic E-state index is 13.8. The Kier molecular flexibility index (Phi) is 4.35. The van der Waals surface area contributed by atoms with E-state index in [0.29, 0.717) is 44.3 Å². The highest BCUT2D eigenvalue weighted by atomic mass is 32.2. The number of nitrogens with one attached hydrogen (secondary N) is 1. The fourth-order valence-corrected chi connectivity index (χ4v) is 6.46. The number of aromatic nitrogens is 1. The Hall–Kier alpha value is -4.63. The van der Waals surface area contributed by atoms with Gasteiger partial charge in [0.25, 0.3) is 21.8 Å². The van der Waals surface area contributed by atoms with Crippen molar-refractivity contribution in [3.8, 4) is 22.6 Å². The standard InChI is InChI=1S/C28H18N2O6S/c1-15-6-8-17(9-7-15)37(33,34)30-13-21(18-4-2-3-5-22(18)30)25-19-12-24-23(35-14-36-24)11-16(19)10-20-26(25)28(32)29-27(20)31/h2-13H,14H2,1H3,(H,29,31,32). The minimum Gasteiger partial charge on any atom is -0.454 e. The zero-order valence-electron chi connectivity index (χ0n) is 19.4. The highest BCUT2D eigenvalue weighted by Crippen LogP contribution is 2.45. The van der Waals surface area contributed by atoms with Crippen LogP contribution >= 0.6 is 0 Å². The second-order valence-electron chi connectivity index (χ2n) is 9.06. The lowest BCUT2D eigenvalue weighted by Gasteiger charge is -2.12. The van der Waals surface area contributed by atoms with Gasteiger partial charge in [0, 0.05) is 22.7 Å². The molecular formula is C28H18N2O6S. The number of ether oxygens (including phenoxy) is 2. The summed E-state index contributed by atoms with van der Waals surface area (Å²) in [5.74, 6) is 0.00609. The molecule has 0 unspecified atom stereocenters. The lowest BCUT2D eigenvalue weighted by Crippen LogP contribution is -2.20. The summed E-state index contributed by atoms with van der Waals surface area (Å²) >= 11 is 0. The first-order valence-corrected chi connectivity index (χ1v) is 13.0. The monoisotopic (exact) mass is 510 g/mol.